The lowest BCUT2D eigenvalue weighted by molar-refractivity contribution is 0.0220. The predicted molar refractivity (Wildman–Crippen MR) is 115 cm³/mol. The molecular formula is C17H38IN5O2. The molecule has 1 aliphatic heterocycles. The van der Waals surface area contributed by atoms with Gasteiger partial charge < -0.3 is 25.0 Å². The molecule has 0 aromatic rings. The highest BCUT2D eigenvalue weighted by molar-refractivity contribution is 14.0. The van der Waals surface area contributed by atoms with E-state index < -0.39 is 0 Å². The van der Waals surface area contributed by atoms with E-state index in [2.05, 4.69) is 41.3 Å². The largest absolute Gasteiger partial charge is 0.383 e. The monoisotopic (exact) mass is 471 g/mol. The molecule has 0 aliphatic carbocycles. The molecule has 0 bridgehead atoms. The third-order valence-corrected chi connectivity index (χ3v) is 4.21. The fourth-order valence-corrected chi connectivity index (χ4v) is 2.61. The Labute approximate surface area is 170 Å². The first-order valence-corrected chi connectivity index (χ1v) is 9.18. The van der Waals surface area contributed by atoms with Gasteiger partial charge in [0.2, 0.25) is 0 Å². The highest BCUT2D eigenvalue weighted by Crippen LogP contribution is 2.03. The van der Waals surface area contributed by atoms with Crippen LogP contribution in [-0.2, 0) is 9.47 Å². The van der Waals surface area contributed by atoms with Gasteiger partial charge in [-0.05, 0) is 33.9 Å². The molecule has 0 saturated carbocycles. The summed E-state index contributed by atoms with van der Waals surface area (Å²) in [5.41, 5.74) is 0. The molecule has 1 aliphatic rings. The van der Waals surface area contributed by atoms with E-state index in [1.54, 1.807) is 7.11 Å². The number of hydrogen-bond donors (Lipinski definition) is 2. The first kappa shape index (κ1) is 24.8. The molecule has 1 heterocycles. The highest BCUT2D eigenvalue weighted by Gasteiger charge is 2.16. The lowest BCUT2D eigenvalue weighted by Gasteiger charge is -2.31. The van der Waals surface area contributed by atoms with E-state index in [1.807, 2.05) is 0 Å². The van der Waals surface area contributed by atoms with Crippen LogP contribution in [0.4, 0.5) is 0 Å². The van der Waals surface area contributed by atoms with Gasteiger partial charge in [-0.1, -0.05) is 0 Å². The summed E-state index contributed by atoms with van der Waals surface area (Å²) in [5.74, 6) is 0.914. The van der Waals surface area contributed by atoms with Gasteiger partial charge in [0.1, 0.15) is 0 Å². The number of halogens is 1. The zero-order valence-corrected chi connectivity index (χ0v) is 18.8. The van der Waals surface area contributed by atoms with E-state index in [0.717, 1.165) is 78.0 Å². The predicted octanol–water partition coefficient (Wildman–Crippen LogP) is 0.849. The Balaban J connectivity index is 0.00000576. The summed E-state index contributed by atoms with van der Waals surface area (Å²) in [7, 11) is 3.87. The summed E-state index contributed by atoms with van der Waals surface area (Å²) in [6.07, 6.45) is 1.09. The summed E-state index contributed by atoms with van der Waals surface area (Å²) in [6.45, 7) is 13.5. The van der Waals surface area contributed by atoms with Crippen LogP contribution in [0.2, 0.25) is 0 Å². The Morgan fingerprint density at radius 1 is 1.28 bits per heavy atom. The van der Waals surface area contributed by atoms with Crippen molar-refractivity contribution in [3.05, 3.63) is 0 Å². The molecule has 2 N–H and O–H groups in total. The molecule has 1 rings (SSSR count). The SMILES string of the molecule is CCNC(=NCC(C)N1CCOCC1)NCCCN(C)CCOC.I. The smallest absolute Gasteiger partial charge is 0.191 e. The lowest BCUT2D eigenvalue weighted by Crippen LogP contribution is -2.44. The normalized spacial score (nSPS) is 17.2. The van der Waals surface area contributed by atoms with Crippen molar-refractivity contribution in [1.29, 1.82) is 0 Å². The number of methoxy groups -OCH3 is 1. The van der Waals surface area contributed by atoms with Gasteiger partial charge in [-0.15, -0.1) is 24.0 Å². The minimum Gasteiger partial charge on any atom is -0.383 e. The van der Waals surface area contributed by atoms with Crippen LogP contribution in [0.5, 0.6) is 0 Å². The highest BCUT2D eigenvalue weighted by atomic mass is 127. The fraction of sp³-hybridized carbons (Fsp3) is 0.941. The second-order valence-electron chi connectivity index (χ2n) is 6.29. The lowest BCUT2D eigenvalue weighted by atomic mass is 10.2. The number of hydrogen-bond acceptors (Lipinski definition) is 5. The first-order chi connectivity index (χ1) is 11.7. The van der Waals surface area contributed by atoms with E-state index in [1.165, 1.54) is 0 Å². The second-order valence-corrected chi connectivity index (χ2v) is 6.29. The molecular weight excluding hydrogens is 433 g/mol. The van der Waals surface area contributed by atoms with Gasteiger partial charge in [-0.2, -0.15) is 0 Å². The van der Waals surface area contributed by atoms with E-state index in [0.29, 0.717) is 6.04 Å². The molecule has 150 valence electrons. The maximum atomic E-state index is 5.41. The Morgan fingerprint density at radius 2 is 2.00 bits per heavy atom. The summed E-state index contributed by atoms with van der Waals surface area (Å²) in [6, 6.07) is 0.449. The average Bonchev–Trinajstić information content (AvgIpc) is 2.61. The standard InChI is InChI=1S/C17H37N5O2.HI/c1-5-18-17(19-7-6-8-21(3)9-12-23-4)20-15-16(2)22-10-13-24-14-11-22;/h16H,5-15H2,1-4H3,(H2,18,19,20);1H. The van der Waals surface area contributed by atoms with Crippen LogP contribution in [0.15, 0.2) is 4.99 Å². The molecule has 1 unspecified atom stereocenters. The Morgan fingerprint density at radius 3 is 2.64 bits per heavy atom. The van der Waals surface area contributed by atoms with Gasteiger partial charge in [0, 0.05) is 45.9 Å². The minimum atomic E-state index is 0. The average molecular weight is 471 g/mol. The van der Waals surface area contributed by atoms with Crippen molar-refractivity contribution in [2.45, 2.75) is 26.3 Å². The Hall–Kier alpha value is -0.160. The molecule has 0 aromatic carbocycles. The molecule has 7 nitrogen and oxygen atoms in total. The van der Waals surface area contributed by atoms with E-state index in [-0.39, 0.29) is 24.0 Å². The zero-order chi connectivity index (χ0) is 17.6. The molecule has 0 spiro atoms. The van der Waals surface area contributed by atoms with Crippen LogP contribution in [0.1, 0.15) is 20.3 Å². The van der Waals surface area contributed by atoms with Gasteiger partial charge in [0.15, 0.2) is 5.96 Å². The van der Waals surface area contributed by atoms with E-state index >= 15 is 0 Å². The Bertz CT molecular complexity index is 341. The molecule has 1 fully saturated rings. The van der Waals surface area contributed by atoms with E-state index in [9.17, 15) is 0 Å². The number of guanidine groups is 1. The van der Waals surface area contributed by atoms with Gasteiger partial charge in [-0.3, -0.25) is 9.89 Å². The van der Waals surface area contributed by atoms with Crippen LogP contribution < -0.4 is 10.6 Å². The summed E-state index contributed by atoms with van der Waals surface area (Å²) >= 11 is 0. The number of nitrogens with zero attached hydrogens (tertiary/aromatic N) is 3. The number of likely N-dealkylation sites (N-methyl/N-ethyl adjacent to an activating group) is 1. The van der Waals surface area contributed by atoms with Crippen molar-refractivity contribution in [3.63, 3.8) is 0 Å². The van der Waals surface area contributed by atoms with Crippen molar-refractivity contribution < 1.29 is 9.47 Å². The summed E-state index contributed by atoms with van der Waals surface area (Å²) in [5, 5.41) is 6.75. The van der Waals surface area contributed by atoms with Crippen molar-refractivity contribution in [2.24, 2.45) is 4.99 Å². The Kier molecular flexibility index (Phi) is 15.9. The number of ether oxygens (including phenoxy) is 2. The molecule has 8 heteroatoms. The van der Waals surface area contributed by atoms with Crippen molar-refractivity contribution in [1.82, 2.24) is 20.4 Å². The molecule has 0 aromatic heterocycles. The first-order valence-electron chi connectivity index (χ1n) is 9.18. The minimum absolute atomic E-state index is 0. The fourth-order valence-electron chi connectivity index (χ4n) is 2.61. The molecule has 25 heavy (non-hydrogen) atoms. The number of aliphatic imine (C=N–C) groups is 1. The quantitative estimate of drug-likeness (QED) is 0.202. The van der Waals surface area contributed by atoms with Crippen molar-refractivity contribution in [2.75, 3.05) is 79.8 Å². The van der Waals surface area contributed by atoms with Crippen LogP contribution in [-0.4, -0.2) is 102 Å². The van der Waals surface area contributed by atoms with Crippen LogP contribution in [0.25, 0.3) is 0 Å². The zero-order valence-electron chi connectivity index (χ0n) is 16.4. The molecule has 0 radical (unpaired) electrons. The van der Waals surface area contributed by atoms with Crippen LogP contribution >= 0.6 is 24.0 Å². The van der Waals surface area contributed by atoms with Crippen LogP contribution in [0.3, 0.4) is 0 Å². The molecule has 1 atom stereocenters. The third kappa shape index (κ3) is 12.0. The van der Waals surface area contributed by atoms with E-state index in [4.69, 9.17) is 14.5 Å². The van der Waals surface area contributed by atoms with Gasteiger partial charge in [0.05, 0.1) is 26.4 Å². The molecule has 1 saturated heterocycles. The number of morpholine rings is 1. The van der Waals surface area contributed by atoms with Crippen molar-refractivity contribution in [3.8, 4) is 0 Å². The topological polar surface area (TPSA) is 61.4 Å². The summed E-state index contributed by atoms with van der Waals surface area (Å²) in [4.78, 5) is 9.47. The maximum absolute atomic E-state index is 5.41. The van der Waals surface area contributed by atoms with Crippen LogP contribution in [0, 0.1) is 0 Å². The maximum Gasteiger partial charge on any atom is 0.191 e. The molecule has 0 amide bonds. The third-order valence-electron chi connectivity index (χ3n) is 4.21. The van der Waals surface area contributed by atoms with Gasteiger partial charge in [-0.25, -0.2) is 0 Å². The summed E-state index contributed by atoms with van der Waals surface area (Å²) < 4.78 is 10.5. The van der Waals surface area contributed by atoms with Gasteiger partial charge in [0.25, 0.3) is 0 Å². The number of rotatable bonds is 11. The van der Waals surface area contributed by atoms with Gasteiger partial charge >= 0.3 is 0 Å². The second kappa shape index (κ2) is 16.0. The van der Waals surface area contributed by atoms with Crippen molar-refractivity contribution >= 4 is 29.9 Å². The number of nitrogens with one attached hydrogen (secondary N) is 2.